The highest BCUT2D eigenvalue weighted by Gasteiger charge is 2.19. The molecule has 4 heterocycles. The molecule has 0 saturated heterocycles. The van der Waals surface area contributed by atoms with Crippen LogP contribution in [0.2, 0.25) is 0 Å². The van der Waals surface area contributed by atoms with Crippen molar-refractivity contribution in [2.24, 2.45) is 0 Å². The normalized spacial score (nSPS) is 12.9. The van der Waals surface area contributed by atoms with E-state index in [2.05, 4.69) is 121 Å². The third-order valence-corrected chi connectivity index (χ3v) is 11.3. The predicted molar refractivity (Wildman–Crippen MR) is 236 cm³/mol. The SMILES string of the molecule is [2H]C([2H])(c1cccc(-n2[c-][n+](-c3cccc(C(C)(C)C)c3)c3ccccc32)c1)c1ccc2c3ccccc3n(-c3cc4c(cn3)oc3c(-c5ccccc5)cccc34)c2c1. The van der Waals surface area contributed by atoms with Crippen LogP contribution in [0, 0.1) is 6.33 Å². The fraction of sp³-hybridized carbons (Fsp3) is 0.0943. The van der Waals surface area contributed by atoms with Crippen LogP contribution in [0.25, 0.3) is 83.1 Å². The van der Waals surface area contributed by atoms with E-state index in [4.69, 9.17) is 9.40 Å². The minimum Gasteiger partial charge on any atom is -0.454 e. The van der Waals surface area contributed by atoms with E-state index >= 15 is 0 Å². The van der Waals surface area contributed by atoms with Gasteiger partial charge in [-0.3, -0.25) is 13.7 Å². The zero-order chi connectivity index (χ0) is 40.8. The lowest BCUT2D eigenvalue weighted by atomic mass is 9.87. The van der Waals surface area contributed by atoms with Crippen molar-refractivity contribution in [3.8, 4) is 28.3 Å². The third-order valence-electron chi connectivity index (χ3n) is 11.3. The fourth-order valence-corrected chi connectivity index (χ4v) is 8.40. The summed E-state index contributed by atoms with van der Waals surface area (Å²) >= 11 is 0. The summed E-state index contributed by atoms with van der Waals surface area (Å²) in [5.41, 5.74) is 11.7. The molecule has 0 fully saturated rings. The second-order valence-corrected chi connectivity index (χ2v) is 16.0. The molecule has 0 amide bonds. The number of rotatable bonds is 6. The molecule has 0 unspecified atom stereocenters. The molecule has 0 aliphatic heterocycles. The van der Waals surface area contributed by atoms with Crippen LogP contribution >= 0.6 is 0 Å². The van der Waals surface area contributed by atoms with Gasteiger partial charge in [0.1, 0.15) is 11.4 Å². The zero-order valence-electron chi connectivity index (χ0n) is 34.4. The number of nitrogens with zero attached hydrogens (tertiary/aromatic N) is 4. The Morgan fingerprint density at radius 1 is 0.638 bits per heavy atom. The molecule has 11 aromatic rings. The van der Waals surface area contributed by atoms with E-state index < -0.39 is 6.37 Å². The number of fused-ring (bicyclic) bond motifs is 7. The Hall–Kier alpha value is -7.24. The average molecular weight is 751 g/mol. The highest BCUT2D eigenvalue weighted by atomic mass is 16.3. The molecule has 5 nitrogen and oxygen atoms in total. The Morgan fingerprint density at radius 3 is 2.26 bits per heavy atom. The van der Waals surface area contributed by atoms with E-state index in [-0.39, 0.29) is 5.41 Å². The predicted octanol–water partition coefficient (Wildman–Crippen LogP) is 12.7. The van der Waals surface area contributed by atoms with E-state index in [9.17, 15) is 2.74 Å². The van der Waals surface area contributed by atoms with Gasteiger partial charge in [-0.15, -0.1) is 0 Å². The lowest BCUT2D eigenvalue weighted by Gasteiger charge is -2.20. The summed E-state index contributed by atoms with van der Waals surface area (Å²) in [6.45, 7) is 6.67. The maximum Gasteiger partial charge on any atom is 0.269 e. The number of imidazole rings is 1. The minimum atomic E-state index is -1.84. The second kappa shape index (κ2) is 13.2. The van der Waals surface area contributed by atoms with Gasteiger partial charge in [0.15, 0.2) is 5.58 Å². The van der Waals surface area contributed by atoms with Crippen LogP contribution in [0.1, 0.15) is 40.2 Å². The highest BCUT2D eigenvalue weighted by molar-refractivity contribution is 6.12. The molecule has 58 heavy (non-hydrogen) atoms. The Bertz CT molecular complexity index is 3460. The first-order valence-electron chi connectivity index (χ1n) is 20.7. The zero-order valence-corrected chi connectivity index (χ0v) is 32.4. The van der Waals surface area contributed by atoms with Crippen LogP contribution in [-0.4, -0.2) is 14.1 Å². The molecule has 11 rings (SSSR count). The van der Waals surface area contributed by atoms with Crippen LogP contribution in [0.5, 0.6) is 0 Å². The van der Waals surface area contributed by atoms with Gasteiger partial charge in [0, 0.05) is 29.8 Å². The summed E-state index contributed by atoms with van der Waals surface area (Å²) in [5.74, 6) is 0.734. The Kier molecular flexibility index (Phi) is 7.25. The second-order valence-electron chi connectivity index (χ2n) is 16.0. The molecule has 0 aliphatic carbocycles. The maximum absolute atomic E-state index is 9.71. The lowest BCUT2D eigenvalue weighted by molar-refractivity contribution is -0.572. The minimum absolute atomic E-state index is 0.00174. The molecule has 7 aromatic carbocycles. The van der Waals surface area contributed by atoms with Crippen molar-refractivity contribution < 1.29 is 11.7 Å². The fourth-order valence-electron chi connectivity index (χ4n) is 8.40. The van der Waals surface area contributed by atoms with Gasteiger partial charge in [-0.1, -0.05) is 148 Å². The largest absolute Gasteiger partial charge is 0.454 e. The van der Waals surface area contributed by atoms with Gasteiger partial charge >= 0.3 is 0 Å². The van der Waals surface area contributed by atoms with Gasteiger partial charge in [0.05, 0.1) is 39.6 Å². The van der Waals surface area contributed by atoms with Gasteiger partial charge in [-0.25, -0.2) is 4.98 Å². The van der Waals surface area contributed by atoms with Gasteiger partial charge < -0.3 is 4.42 Å². The molecular weight excluding hydrogens is 709 g/mol. The molecule has 0 spiro atoms. The summed E-state index contributed by atoms with van der Waals surface area (Å²) in [7, 11) is 0. The summed E-state index contributed by atoms with van der Waals surface area (Å²) in [4.78, 5) is 4.98. The first kappa shape index (κ1) is 31.9. The van der Waals surface area contributed by atoms with Gasteiger partial charge in [-0.05, 0) is 76.5 Å². The summed E-state index contributed by atoms with van der Waals surface area (Å²) in [5, 5.41) is 4.09. The number of para-hydroxylation sites is 4. The van der Waals surface area contributed by atoms with Crippen LogP contribution < -0.4 is 4.57 Å². The van der Waals surface area contributed by atoms with Gasteiger partial charge in [0.25, 0.3) is 6.33 Å². The molecule has 0 aliphatic rings. The third kappa shape index (κ3) is 5.61. The smallest absolute Gasteiger partial charge is 0.269 e. The van der Waals surface area contributed by atoms with Crippen LogP contribution in [-0.2, 0) is 11.8 Å². The maximum atomic E-state index is 9.71. The quantitative estimate of drug-likeness (QED) is 0.125. The van der Waals surface area contributed by atoms with Crippen molar-refractivity contribution >= 4 is 54.8 Å². The Labute approximate surface area is 339 Å². The molecule has 0 N–H and O–H groups in total. The number of benzene rings is 7. The van der Waals surface area contributed by atoms with Crippen LogP contribution in [0.15, 0.2) is 180 Å². The Balaban J connectivity index is 1.03. The monoisotopic (exact) mass is 750 g/mol. The topological polar surface area (TPSA) is 39.8 Å². The van der Waals surface area contributed by atoms with Gasteiger partial charge in [0.2, 0.25) is 0 Å². The van der Waals surface area contributed by atoms with E-state index in [0.717, 1.165) is 77.5 Å². The van der Waals surface area contributed by atoms with Crippen molar-refractivity contribution in [2.45, 2.75) is 32.6 Å². The van der Waals surface area contributed by atoms with Crippen LogP contribution in [0.4, 0.5) is 0 Å². The van der Waals surface area contributed by atoms with Crippen LogP contribution in [0.3, 0.4) is 0 Å². The van der Waals surface area contributed by atoms with Crippen molar-refractivity contribution in [1.29, 1.82) is 0 Å². The number of hydrogen-bond acceptors (Lipinski definition) is 2. The molecule has 0 saturated carbocycles. The van der Waals surface area contributed by atoms with E-state index in [1.54, 1.807) is 0 Å². The number of aromatic nitrogens is 4. The molecule has 4 aromatic heterocycles. The first-order valence-corrected chi connectivity index (χ1v) is 19.7. The number of pyridine rings is 1. The summed E-state index contributed by atoms with van der Waals surface area (Å²) in [6.07, 6.45) is 3.58. The van der Waals surface area contributed by atoms with Gasteiger partial charge in [-0.2, -0.15) is 0 Å². The van der Waals surface area contributed by atoms with Crippen molar-refractivity contribution in [2.75, 3.05) is 0 Å². The summed E-state index contributed by atoms with van der Waals surface area (Å²) < 4.78 is 32.2. The lowest BCUT2D eigenvalue weighted by Crippen LogP contribution is -2.30. The first-order chi connectivity index (χ1) is 29.1. The summed E-state index contributed by atoms with van der Waals surface area (Å²) in [6, 6.07) is 57.6. The van der Waals surface area contributed by atoms with E-state index in [0.29, 0.717) is 16.7 Å². The Morgan fingerprint density at radius 2 is 1.38 bits per heavy atom. The molecule has 0 bridgehead atoms. The van der Waals surface area contributed by atoms with E-state index in [1.165, 1.54) is 5.56 Å². The molecular formula is C53H40N4O. The number of furan rings is 1. The molecule has 0 atom stereocenters. The molecule has 0 radical (unpaired) electrons. The molecule has 278 valence electrons. The highest BCUT2D eigenvalue weighted by Crippen LogP contribution is 2.38. The van der Waals surface area contributed by atoms with E-state index in [1.807, 2.05) is 95.7 Å². The average Bonchev–Trinajstić information content (AvgIpc) is 3.96. The molecule has 5 heteroatoms. The van der Waals surface area contributed by atoms with Crippen molar-refractivity contribution in [3.63, 3.8) is 0 Å². The standard InChI is InChI=1S/C53H40N4O/c1-53(2,3)38-17-12-19-40(31-38)56-34-55(47-24-9-10-25-48(47)56)39-18-11-14-35(29-39)28-36-26-27-43-42-20-7-8-23-46(42)57(49(43)30-36)51-32-45-44-22-13-21-41(37-15-5-4-6-16-37)52(44)58-50(45)33-54-51/h4-27,29-33H,28H2,1-3H3/i28D2. The van der Waals surface area contributed by atoms with Crippen molar-refractivity contribution in [3.05, 3.63) is 199 Å². The van der Waals surface area contributed by atoms with Crippen molar-refractivity contribution in [1.82, 2.24) is 14.1 Å². The number of hydrogen-bond donors (Lipinski definition) is 0.